The van der Waals surface area contributed by atoms with E-state index in [9.17, 15) is 28.8 Å². The van der Waals surface area contributed by atoms with Gasteiger partial charge in [-0.1, -0.05) is 0 Å². The van der Waals surface area contributed by atoms with Crippen LogP contribution in [0.1, 0.15) is 25.7 Å². The third-order valence-corrected chi connectivity index (χ3v) is 3.54. The number of amides is 4. The summed E-state index contributed by atoms with van der Waals surface area (Å²) >= 11 is 0. The monoisotopic (exact) mass is 419 g/mol. The van der Waals surface area contributed by atoms with Crippen LogP contribution in [0.4, 0.5) is 0 Å². The molecule has 3 atom stereocenters. The van der Waals surface area contributed by atoms with Gasteiger partial charge in [0.05, 0.1) is 6.61 Å². The maximum Gasteiger partial charge on any atom is 0.322 e. The van der Waals surface area contributed by atoms with Gasteiger partial charge >= 0.3 is 11.9 Å². The molecular weight excluding hydrogens is 394 g/mol. The normalized spacial score (nSPS) is 13.4. The maximum atomic E-state index is 12.5. The van der Waals surface area contributed by atoms with Crippen LogP contribution in [-0.4, -0.2) is 82.2 Å². The molecule has 0 aromatic heterocycles. The molecular formula is C15H25N5O9. The molecule has 0 spiro atoms. The molecule has 0 aliphatic rings. The van der Waals surface area contributed by atoms with Crippen molar-refractivity contribution in [1.82, 2.24) is 16.0 Å². The molecule has 29 heavy (non-hydrogen) atoms. The first-order valence-corrected chi connectivity index (χ1v) is 8.44. The predicted molar refractivity (Wildman–Crippen MR) is 94.9 cm³/mol. The maximum absolute atomic E-state index is 12.5. The number of rotatable bonds is 14. The lowest BCUT2D eigenvalue weighted by atomic mass is 10.1. The van der Waals surface area contributed by atoms with Crippen LogP contribution < -0.4 is 27.4 Å². The van der Waals surface area contributed by atoms with Gasteiger partial charge in [-0.25, -0.2) is 0 Å². The van der Waals surface area contributed by atoms with E-state index in [-0.39, 0.29) is 19.3 Å². The molecule has 0 saturated carbocycles. The van der Waals surface area contributed by atoms with E-state index in [1.54, 1.807) is 0 Å². The van der Waals surface area contributed by atoms with Gasteiger partial charge in [-0.15, -0.1) is 0 Å². The Morgan fingerprint density at radius 3 is 1.79 bits per heavy atom. The highest BCUT2D eigenvalue weighted by molar-refractivity contribution is 5.94. The molecule has 0 aliphatic carbocycles. The summed E-state index contributed by atoms with van der Waals surface area (Å²) in [4.78, 5) is 68.7. The number of aliphatic hydroxyl groups excluding tert-OH is 1. The Bertz CT molecular complexity index is 640. The van der Waals surface area contributed by atoms with E-state index in [1.165, 1.54) is 0 Å². The first kappa shape index (κ1) is 25.7. The van der Waals surface area contributed by atoms with Gasteiger partial charge in [-0.3, -0.25) is 28.8 Å². The van der Waals surface area contributed by atoms with Crippen molar-refractivity contribution >= 4 is 35.6 Å². The molecule has 14 nitrogen and oxygen atoms in total. The SMILES string of the molecule is NC(=O)CC[C@H](NC(=O)[C@H](CCC(=O)O)NC(=O)[C@H](N)CO)C(=O)NCC(=O)O. The van der Waals surface area contributed by atoms with Gasteiger partial charge in [0.25, 0.3) is 0 Å². The standard InChI is InChI=1S/C15H25N5O9/c16-7(6-21)13(27)19-9(2-4-11(23)24)15(29)20-8(1-3-10(17)22)14(28)18-5-12(25)26/h7-9,21H,1-6,16H2,(H2,17,22)(H,18,28)(H,19,27)(H,20,29)(H,23,24)(H,25,26)/t7-,8+,9+/m1/s1. The van der Waals surface area contributed by atoms with Crippen LogP contribution in [0.5, 0.6) is 0 Å². The smallest absolute Gasteiger partial charge is 0.322 e. The molecule has 0 heterocycles. The number of hydrogen-bond donors (Lipinski definition) is 8. The highest BCUT2D eigenvalue weighted by Crippen LogP contribution is 2.03. The molecule has 0 unspecified atom stereocenters. The summed E-state index contributed by atoms with van der Waals surface area (Å²) in [5.74, 6) is -6.19. The number of carboxylic acid groups (broad SMARTS) is 2. The summed E-state index contributed by atoms with van der Waals surface area (Å²) < 4.78 is 0. The molecule has 0 fully saturated rings. The lowest BCUT2D eigenvalue weighted by Crippen LogP contribution is -2.56. The van der Waals surface area contributed by atoms with E-state index in [4.69, 9.17) is 26.8 Å². The number of carboxylic acids is 2. The molecule has 0 aliphatic heterocycles. The van der Waals surface area contributed by atoms with Gasteiger partial charge in [-0.2, -0.15) is 0 Å². The number of hydrogen-bond acceptors (Lipinski definition) is 8. The topological polar surface area (TPSA) is 251 Å². The third-order valence-electron chi connectivity index (χ3n) is 3.54. The number of nitrogens with one attached hydrogen (secondary N) is 3. The summed E-state index contributed by atoms with van der Waals surface area (Å²) in [6.07, 6.45) is -1.44. The van der Waals surface area contributed by atoms with E-state index in [1.807, 2.05) is 5.32 Å². The van der Waals surface area contributed by atoms with Gasteiger partial charge in [0, 0.05) is 12.8 Å². The second-order valence-electron chi connectivity index (χ2n) is 5.96. The number of nitrogens with two attached hydrogens (primary N) is 2. The van der Waals surface area contributed by atoms with Gasteiger partial charge in [-0.05, 0) is 12.8 Å². The summed E-state index contributed by atoms with van der Waals surface area (Å²) in [5.41, 5.74) is 10.3. The first-order valence-electron chi connectivity index (χ1n) is 8.44. The van der Waals surface area contributed by atoms with E-state index < -0.39 is 73.3 Å². The highest BCUT2D eigenvalue weighted by Gasteiger charge is 2.28. The van der Waals surface area contributed by atoms with Crippen molar-refractivity contribution in [3.05, 3.63) is 0 Å². The molecule has 4 amide bonds. The molecule has 0 aromatic carbocycles. The fraction of sp³-hybridized carbons (Fsp3) is 0.600. The summed E-state index contributed by atoms with van der Waals surface area (Å²) in [7, 11) is 0. The molecule has 164 valence electrons. The van der Waals surface area contributed by atoms with Gasteiger partial charge < -0.3 is 42.7 Å². The lowest BCUT2D eigenvalue weighted by Gasteiger charge is -2.23. The Balaban J connectivity index is 5.29. The first-order chi connectivity index (χ1) is 13.5. The van der Waals surface area contributed by atoms with Crippen LogP contribution in [0.2, 0.25) is 0 Å². The number of primary amides is 1. The number of carbonyl (C=O) groups excluding carboxylic acids is 4. The molecule has 14 heteroatoms. The van der Waals surface area contributed by atoms with Crippen molar-refractivity contribution in [2.75, 3.05) is 13.2 Å². The molecule has 0 saturated heterocycles. The number of aliphatic hydroxyl groups is 1. The van der Waals surface area contributed by atoms with Gasteiger partial charge in [0.2, 0.25) is 23.6 Å². The zero-order valence-corrected chi connectivity index (χ0v) is 15.4. The van der Waals surface area contributed by atoms with Crippen molar-refractivity contribution in [3.8, 4) is 0 Å². The van der Waals surface area contributed by atoms with E-state index in [0.29, 0.717) is 0 Å². The Morgan fingerprint density at radius 1 is 0.793 bits per heavy atom. The fourth-order valence-corrected chi connectivity index (χ4v) is 2.01. The Labute approximate surface area is 165 Å². The second kappa shape index (κ2) is 13.0. The van der Waals surface area contributed by atoms with Crippen LogP contribution in [-0.2, 0) is 28.8 Å². The number of aliphatic carboxylic acids is 2. The average molecular weight is 419 g/mol. The van der Waals surface area contributed by atoms with E-state index in [0.717, 1.165) is 0 Å². The minimum Gasteiger partial charge on any atom is -0.481 e. The van der Waals surface area contributed by atoms with Crippen molar-refractivity contribution in [1.29, 1.82) is 0 Å². The Hall–Kier alpha value is -3.26. The van der Waals surface area contributed by atoms with Crippen LogP contribution in [0, 0.1) is 0 Å². The molecule has 0 aromatic rings. The molecule has 0 rings (SSSR count). The fourth-order valence-electron chi connectivity index (χ4n) is 2.01. The van der Waals surface area contributed by atoms with Crippen molar-refractivity contribution < 1.29 is 44.1 Å². The number of carbonyl (C=O) groups is 6. The molecule has 0 radical (unpaired) electrons. The van der Waals surface area contributed by atoms with E-state index in [2.05, 4.69) is 10.6 Å². The summed E-state index contributed by atoms with van der Waals surface area (Å²) in [5, 5.41) is 32.7. The Kier molecular flexibility index (Phi) is 11.5. The van der Waals surface area contributed by atoms with Crippen molar-refractivity contribution in [3.63, 3.8) is 0 Å². The van der Waals surface area contributed by atoms with Crippen LogP contribution in [0.15, 0.2) is 0 Å². The van der Waals surface area contributed by atoms with Crippen LogP contribution in [0.3, 0.4) is 0 Å². The average Bonchev–Trinajstić information content (AvgIpc) is 2.64. The predicted octanol–water partition coefficient (Wildman–Crippen LogP) is -4.39. The third kappa shape index (κ3) is 11.2. The minimum absolute atomic E-state index is 0.262. The van der Waals surface area contributed by atoms with Crippen molar-refractivity contribution in [2.45, 2.75) is 43.8 Å². The summed E-state index contributed by atoms with van der Waals surface area (Å²) in [6, 6.07) is -4.15. The molecule has 0 bridgehead atoms. The second-order valence-corrected chi connectivity index (χ2v) is 5.96. The zero-order chi connectivity index (χ0) is 22.6. The highest BCUT2D eigenvalue weighted by atomic mass is 16.4. The van der Waals surface area contributed by atoms with Crippen molar-refractivity contribution in [2.24, 2.45) is 11.5 Å². The Morgan fingerprint density at radius 2 is 1.31 bits per heavy atom. The van der Waals surface area contributed by atoms with Gasteiger partial charge in [0.15, 0.2) is 0 Å². The van der Waals surface area contributed by atoms with Crippen LogP contribution >= 0.6 is 0 Å². The lowest BCUT2D eigenvalue weighted by molar-refractivity contribution is -0.139. The minimum atomic E-state index is -1.42. The largest absolute Gasteiger partial charge is 0.481 e. The quantitative estimate of drug-likeness (QED) is 0.134. The molecule has 10 N–H and O–H groups in total. The summed E-state index contributed by atoms with van der Waals surface area (Å²) in [6.45, 7) is -1.47. The zero-order valence-electron chi connectivity index (χ0n) is 15.4. The van der Waals surface area contributed by atoms with E-state index >= 15 is 0 Å². The van der Waals surface area contributed by atoms with Crippen LogP contribution in [0.25, 0.3) is 0 Å². The van der Waals surface area contributed by atoms with Gasteiger partial charge in [0.1, 0.15) is 24.7 Å².